The van der Waals surface area contributed by atoms with Gasteiger partial charge in [0.15, 0.2) is 0 Å². The first-order valence-corrected chi connectivity index (χ1v) is 9.67. The van der Waals surface area contributed by atoms with Gasteiger partial charge < -0.3 is 0 Å². The predicted octanol–water partition coefficient (Wildman–Crippen LogP) is 8.12. The Hall–Kier alpha value is -1.56. The fourth-order valence-electron chi connectivity index (χ4n) is 2.07. The molecule has 0 N–H and O–H groups in total. The Labute approximate surface area is 151 Å². The van der Waals surface area contributed by atoms with Crippen LogP contribution in [-0.2, 0) is 0 Å². The number of hydrogen-bond donors (Lipinski definition) is 0. The van der Waals surface area contributed by atoms with Crippen LogP contribution in [0.5, 0.6) is 0 Å². The van der Waals surface area contributed by atoms with Crippen LogP contribution in [0.3, 0.4) is 0 Å². The second kappa shape index (κ2) is 19.5. The van der Waals surface area contributed by atoms with Crippen molar-refractivity contribution in [3.63, 3.8) is 0 Å². The molecule has 0 atom stereocenters. The minimum absolute atomic E-state index is 0.809. The van der Waals surface area contributed by atoms with Gasteiger partial charge in [0.05, 0.1) is 0 Å². The minimum atomic E-state index is 0.809. The van der Waals surface area contributed by atoms with Gasteiger partial charge in [0.25, 0.3) is 0 Å². The molecule has 0 aliphatic carbocycles. The molecule has 134 valence electrons. The lowest BCUT2D eigenvalue weighted by Crippen LogP contribution is -1.83. The van der Waals surface area contributed by atoms with Gasteiger partial charge in [-0.15, -0.1) is 0 Å². The fourth-order valence-corrected chi connectivity index (χ4v) is 2.07. The lowest BCUT2D eigenvalue weighted by atomic mass is 10.1. The molecule has 0 aromatic carbocycles. The first kappa shape index (κ1) is 22.4. The van der Waals surface area contributed by atoms with Gasteiger partial charge >= 0.3 is 0 Å². The lowest BCUT2D eigenvalue weighted by Gasteiger charge is -1.98. The van der Waals surface area contributed by atoms with E-state index in [1.807, 2.05) is 0 Å². The lowest BCUT2D eigenvalue weighted by molar-refractivity contribution is 0.594. The second-order valence-corrected chi connectivity index (χ2v) is 6.39. The third kappa shape index (κ3) is 20.4. The molecule has 0 saturated carbocycles. The van der Waals surface area contributed by atoms with Crippen LogP contribution in [0.4, 0.5) is 0 Å². The van der Waals surface area contributed by atoms with E-state index in [4.69, 9.17) is 0 Å². The zero-order valence-corrected chi connectivity index (χ0v) is 16.2. The Morgan fingerprint density at radius 1 is 0.500 bits per heavy atom. The van der Waals surface area contributed by atoms with E-state index in [1.165, 1.54) is 12.8 Å². The summed E-state index contributed by atoms with van der Waals surface area (Å²) in [5, 5.41) is 0. The van der Waals surface area contributed by atoms with Crippen LogP contribution in [0.25, 0.3) is 0 Å². The number of hydrogen-bond acceptors (Lipinski definition) is 0. The van der Waals surface area contributed by atoms with Crippen molar-refractivity contribution in [2.24, 2.45) is 5.92 Å². The summed E-state index contributed by atoms with van der Waals surface area (Å²) in [5.41, 5.74) is 0. The highest BCUT2D eigenvalue weighted by atomic mass is 13.9. The molecule has 0 aliphatic heterocycles. The molecular weight excluding hydrogens is 288 g/mol. The third-order valence-corrected chi connectivity index (χ3v) is 3.51. The van der Waals surface area contributed by atoms with Crippen molar-refractivity contribution < 1.29 is 0 Å². The van der Waals surface area contributed by atoms with Crippen molar-refractivity contribution in [1.29, 1.82) is 0 Å². The minimum Gasteiger partial charge on any atom is -0.0885 e. The van der Waals surface area contributed by atoms with Gasteiger partial charge in [-0.05, 0) is 57.3 Å². The van der Waals surface area contributed by atoms with Gasteiger partial charge in [-0.2, -0.15) is 0 Å². The molecule has 0 nitrogen and oxygen atoms in total. The smallest absolute Gasteiger partial charge is 0.0169 e. The SMILES string of the molecule is CC/C=C\C/C=C\C/C=C\C/C=C\C/C=C\C/C=C\CCC(C)C. The molecular formula is C24H38. The molecule has 24 heavy (non-hydrogen) atoms. The van der Waals surface area contributed by atoms with Gasteiger partial charge in [0, 0.05) is 0 Å². The zero-order chi connectivity index (χ0) is 17.7. The Morgan fingerprint density at radius 2 is 0.833 bits per heavy atom. The summed E-state index contributed by atoms with van der Waals surface area (Å²) in [6.45, 7) is 6.72. The molecule has 0 amide bonds. The third-order valence-electron chi connectivity index (χ3n) is 3.51. The highest BCUT2D eigenvalue weighted by Gasteiger charge is 1.88. The Balaban J connectivity index is 3.50. The van der Waals surface area contributed by atoms with Crippen molar-refractivity contribution in [3.8, 4) is 0 Å². The summed E-state index contributed by atoms with van der Waals surface area (Å²) in [4.78, 5) is 0. The summed E-state index contributed by atoms with van der Waals surface area (Å²) in [7, 11) is 0. The standard InChI is InChI=1S/C24H38/c1-4-5-6-7-8-9-10-11-12-13-14-15-16-17-18-19-20-21-22-23-24(2)3/h5-6,8-9,11-12,14-15,17-18,20-21,24H,4,7,10,13,16,19,22-23H2,1-3H3/b6-5-,9-8-,12-11-,15-14-,18-17-,21-20-. The van der Waals surface area contributed by atoms with Crippen LogP contribution in [0.1, 0.15) is 72.1 Å². The van der Waals surface area contributed by atoms with Crippen LogP contribution >= 0.6 is 0 Å². The molecule has 0 fully saturated rings. The maximum Gasteiger partial charge on any atom is -0.0169 e. The summed E-state index contributed by atoms with van der Waals surface area (Å²) in [5.74, 6) is 0.809. The second-order valence-electron chi connectivity index (χ2n) is 6.39. The Morgan fingerprint density at radius 3 is 1.17 bits per heavy atom. The topological polar surface area (TPSA) is 0 Å². The monoisotopic (exact) mass is 326 g/mol. The maximum absolute atomic E-state index is 2.31. The highest BCUT2D eigenvalue weighted by Crippen LogP contribution is 2.04. The Bertz CT molecular complexity index is 413. The van der Waals surface area contributed by atoms with Gasteiger partial charge in [0.2, 0.25) is 0 Å². The molecule has 0 rings (SSSR count). The molecule has 0 heteroatoms. The first-order chi connectivity index (χ1) is 11.8. The summed E-state index contributed by atoms with van der Waals surface area (Å²) < 4.78 is 0. The quantitative estimate of drug-likeness (QED) is 0.283. The Kier molecular flexibility index (Phi) is 18.2. The van der Waals surface area contributed by atoms with Crippen LogP contribution in [0.15, 0.2) is 72.9 Å². The average Bonchev–Trinajstić information content (AvgIpc) is 2.56. The van der Waals surface area contributed by atoms with E-state index in [2.05, 4.69) is 93.7 Å². The number of allylic oxidation sites excluding steroid dienone is 12. The predicted molar refractivity (Wildman–Crippen MR) is 112 cm³/mol. The number of rotatable bonds is 14. The van der Waals surface area contributed by atoms with E-state index in [0.717, 1.165) is 44.4 Å². The first-order valence-electron chi connectivity index (χ1n) is 9.67. The van der Waals surface area contributed by atoms with Crippen molar-refractivity contribution in [1.82, 2.24) is 0 Å². The van der Waals surface area contributed by atoms with E-state index in [9.17, 15) is 0 Å². The molecule has 0 radical (unpaired) electrons. The highest BCUT2D eigenvalue weighted by molar-refractivity contribution is 5.01. The molecule has 0 spiro atoms. The summed E-state index contributed by atoms with van der Waals surface area (Å²) >= 11 is 0. The molecule has 0 aliphatic rings. The van der Waals surface area contributed by atoms with Gasteiger partial charge in [-0.3, -0.25) is 0 Å². The fraction of sp³-hybridized carbons (Fsp3) is 0.500. The summed E-state index contributed by atoms with van der Waals surface area (Å²) in [6.07, 6.45) is 35.8. The van der Waals surface area contributed by atoms with Gasteiger partial charge in [-0.1, -0.05) is 93.7 Å². The van der Waals surface area contributed by atoms with E-state index in [0.29, 0.717) is 0 Å². The molecule has 0 unspecified atom stereocenters. The molecule has 0 bridgehead atoms. The zero-order valence-electron chi connectivity index (χ0n) is 16.2. The van der Waals surface area contributed by atoms with E-state index < -0.39 is 0 Å². The molecule has 0 heterocycles. The van der Waals surface area contributed by atoms with Gasteiger partial charge in [-0.25, -0.2) is 0 Å². The van der Waals surface area contributed by atoms with E-state index in [1.54, 1.807) is 0 Å². The normalized spacial score (nSPS) is 13.5. The van der Waals surface area contributed by atoms with Crippen LogP contribution in [0, 0.1) is 5.92 Å². The maximum atomic E-state index is 2.31. The van der Waals surface area contributed by atoms with Crippen molar-refractivity contribution in [2.45, 2.75) is 72.1 Å². The van der Waals surface area contributed by atoms with Crippen molar-refractivity contribution in [3.05, 3.63) is 72.9 Å². The molecule has 0 aromatic rings. The molecule has 0 saturated heterocycles. The van der Waals surface area contributed by atoms with E-state index in [-0.39, 0.29) is 0 Å². The van der Waals surface area contributed by atoms with Gasteiger partial charge in [0.1, 0.15) is 0 Å². The van der Waals surface area contributed by atoms with Crippen LogP contribution in [-0.4, -0.2) is 0 Å². The van der Waals surface area contributed by atoms with E-state index >= 15 is 0 Å². The average molecular weight is 327 g/mol. The largest absolute Gasteiger partial charge is 0.0885 e. The van der Waals surface area contributed by atoms with Crippen LogP contribution in [0.2, 0.25) is 0 Å². The van der Waals surface area contributed by atoms with Crippen LogP contribution < -0.4 is 0 Å². The van der Waals surface area contributed by atoms with Crippen molar-refractivity contribution >= 4 is 0 Å². The molecule has 0 aromatic heterocycles. The summed E-state index contributed by atoms with van der Waals surface area (Å²) in [6, 6.07) is 0. The van der Waals surface area contributed by atoms with Crippen molar-refractivity contribution in [2.75, 3.05) is 0 Å².